The van der Waals surface area contributed by atoms with Gasteiger partial charge in [-0.15, -0.1) is 0 Å². The lowest BCUT2D eigenvalue weighted by atomic mass is 10.3. The number of unbranched alkanes of at least 4 members (excludes halogenated alkanes) is 2. The Hall–Kier alpha value is -1.87. The van der Waals surface area contributed by atoms with Gasteiger partial charge in [-0.1, -0.05) is 0 Å². The van der Waals surface area contributed by atoms with Crippen molar-refractivity contribution in [1.82, 2.24) is 4.98 Å². The van der Waals surface area contributed by atoms with Gasteiger partial charge >= 0.3 is 0 Å². The summed E-state index contributed by atoms with van der Waals surface area (Å²) in [6, 6.07) is 7.18. The highest BCUT2D eigenvalue weighted by atomic mass is 32.2. The van der Waals surface area contributed by atoms with Gasteiger partial charge in [-0.25, -0.2) is 9.19 Å². The monoisotopic (exact) mass is 263 g/mol. The normalized spacial score (nSPS) is 12.4. The predicted octanol–water partition coefficient (Wildman–Crippen LogP) is 2.21. The highest BCUT2D eigenvalue weighted by Crippen LogP contribution is 2.20. The number of nitrogen functional groups attached to an aromatic ring is 1. The van der Waals surface area contributed by atoms with Crippen molar-refractivity contribution in [1.29, 1.82) is 5.26 Å². The number of fused-ring (bicyclic) bond motifs is 1. The molecule has 1 aromatic heterocycles. The lowest BCUT2D eigenvalue weighted by molar-refractivity contribution is 0.477. The summed E-state index contributed by atoms with van der Waals surface area (Å²) in [6.07, 6.45) is 1.96. The van der Waals surface area contributed by atoms with E-state index in [0.29, 0.717) is 29.0 Å². The quantitative estimate of drug-likeness (QED) is 0.659. The van der Waals surface area contributed by atoms with Crippen LogP contribution in [0.25, 0.3) is 11.1 Å². The lowest BCUT2D eigenvalue weighted by Crippen LogP contribution is -1.98. The van der Waals surface area contributed by atoms with Crippen LogP contribution in [0.2, 0.25) is 0 Å². The van der Waals surface area contributed by atoms with E-state index in [4.69, 9.17) is 15.4 Å². The Balaban J connectivity index is 2.07. The Kier molecular flexibility index (Phi) is 3.95. The standard InChI is InChI=1S/C12H13N3O2S/c13-6-2-1-3-7-18(16)12-15-10-8-9(14)4-5-11(10)17-12/h4-5,8H,1-3,7,14H2. The molecule has 1 unspecified atom stereocenters. The second-order valence-electron chi connectivity index (χ2n) is 3.87. The van der Waals surface area contributed by atoms with Gasteiger partial charge in [0.2, 0.25) is 0 Å². The zero-order valence-corrected chi connectivity index (χ0v) is 10.6. The molecule has 0 amide bonds. The number of nitriles is 1. The summed E-state index contributed by atoms with van der Waals surface area (Å²) < 4.78 is 17.3. The summed E-state index contributed by atoms with van der Waals surface area (Å²) in [5.41, 5.74) is 7.44. The number of rotatable bonds is 5. The van der Waals surface area contributed by atoms with Crippen LogP contribution < -0.4 is 5.73 Å². The van der Waals surface area contributed by atoms with Crippen molar-refractivity contribution in [2.45, 2.75) is 24.5 Å². The molecule has 0 saturated heterocycles. The minimum atomic E-state index is -1.25. The molecular weight excluding hydrogens is 250 g/mol. The number of aromatic nitrogens is 1. The van der Waals surface area contributed by atoms with Crippen molar-refractivity contribution in [3.63, 3.8) is 0 Å². The first-order valence-electron chi connectivity index (χ1n) is 5.62. The fourth-order valence-corrected chi connectivity index (χ4v) is 2.57. The van der Waals surface area contributed by atoms with Crippen LogP contribution in [-0.2, 0) is 10.8 Å². The largest absolute Gasteiger partial charge is 0.430 e. The second kappa shape index (κ2) is 5.65. The topological polar surface area (TPSA) is 92.9 Å². The van der Waals surface area contributed by atoms with Crippen LogP contribution in [0.5, 0.6) is 0 Å². The number of hydrogen-bond donors (Lipinski definition) is 1. The Labute approximate surface area is 107 Å². The Morgan fingerprint density at radius 2 is 2.28 bits per heavy atom. The van der Waals surface area contributed by atoms with E-state index in [1.54, 1.807) is 18.2 Å². The molecule has 1 atom stereocenters. The van der Waals surface area contributed by atoms with Crippen LogP contribution in [-0.4, -0.2) is 14.9 Å². The van der Waals surface area contributed by atoms with Crippen LogP contribution in [0, 0.1) is 11.3 Å². The smallest absolute Gasteiger partial charge is 0.287 e. The van der Waals surface area contributed by atoms with Crippen molar-refractivity contribution in [3.05, 3.63) is 18.2 Å². The number of oxazole rings is 1. The molecule has 0 fully saturated rings. The van der Waals surface area contributed by atoms with Gasteiger partial charge in [0, 0.05) is 17.9 Å². The minimum absolute atomic E-state index is 0.229. The average Bonchev–Trinajstić information content (AvgIpc) is 2.77. The molecule has 0 bridgehead atoms. The van der Waals surface area contributed by atoms with Crippen molar-refractivity contribution >= 4 is 27.6 Å². The number of nitrogens with zero attached hydrogens (tertiary/aromatic N) is 2. The van der Waals surface area contributed by atoms with Crippen LogP contribution in [0.3, 0.4) is 0 Å². The summed E-state index contributed by atoms with van der Waals surface area (Å²) in [4.78, 5) is 4.16. The molecule has 0 saturated carbocycles. The molecule has 1 aromatic carbocycles. The highest BCUT2D eigenvalue weighted by Gasteiger charge is 2.12. The SMILES string of the molecule is N#CCCCCS(=O)c1nc2cc(N)ccc2o1. The highest BCUT2D eigenvalue weighted by molar-refractivity contribution is 7.84. The second-order valence-corrected chi connectivity index (χ2v) is 5.32. The van der Waals surface area contributed by atoms with E-state index < -0.39 is 10.8 Å². The van der Waals surface area contributed by atoms with Crippen molar-refractivity contribution in [3.8, 4) is 6.07 Å². The fourth-order valence-electron chi connectivity index (χ4n) is 1.55. The molecule has 2 rings (SSSR count). The molecule has 0 aliphatic carbocycles. The van der Waals surface area contributed by atoms with Crippen LogP contribution >= 0.6 is 0 Å². The minimum Gasteiger partial charge on any atom is -0.430 e. The molecule has 0 aliphatic heterocycles. The van der Waals surface area contributed by atoms with Crippen molar-refractivity contribution in [2.24, 2.45) is 0 Å². The molecule has 6 heteroatoms. The number of nitrogens with two attached hydrogens (primary N) is 1. The molecule has 18 heavy (non-hydrogen) atoms. The van der Waals surface area contributed by atoms with Crippen molar-refractivity contribution in [2.75, 3.05) is 11.5 Å². The van der Waals surface area contributed by atoms with Crippen LogP contribution in [0.4, 0.5) is 5.69 Å². The van der Waals surface area contributed by atoms with E-state index >= 15 is 0 Å². The van der Waals surface area contributed by atoms with Crippen LogP contribution in [0.15, 0.2) is 27.8 Å². The molecule has 2 N–H and O–H groups in total. The lowest BCUT2D eigenvalue weighted by Gasteiger charge is -1.94. The maximum atomic E-state index is 11.9. The maximum Gasteiger partial charge on any atom is 0.287 e. The predicted molar refractivity (Wildman–Crippen MR) is 69.2 cm³/mol. The van der Waals surface area contributed by atoms with Gasteiger partial charge in [0.15, 0.2) is 5.58 Å². The molecule has 1 heterocycles. The first kappa shape index (κ1) is 12.6. The van der Waals surface area contributed by atoms with E-state index in [-0.39, 0.29) is 5.22 Å². The van der Waals surface area contributed by atoms with Gasteiger partial charge in [0.25, 0.3) is 5.22 Å². The summed E-state index contributed by atoms with van der Waals surface area (Å²) in [6.45, 7) is 0. The third kappa shape index (κ3) is 2.87. The molecule has 2 aromatic rings. The molecule has 0 aliphatic rings. The third-order valence-corrected chi connectivity index (χ3v) is 3.68. The van der Waals surface area contributed by atoms with Gasteiger partial charge < -0.3 is 10.2 Å². The fraction of sp³-hybridized carbons (Fsp3) is 0.333. The summed E-state index contributed by atoms with van der Waals surface area (Å²) in [5, 5.41) is 8.63. The van der Waals surface area contributed by atoms with E-state index in [9.17, 15) is 4.21 Å². The number of benzene rings is 1. The van der Waals surface area contributed by atoms with E-state index in [0.717, 1.165) is 12.8 Å². The van der Waals surface area contributed by atoms with Gasteiger partial charge in [-0.2, -0.15) is 5.26 Å². The Bertz CT molecular complexity index is 615. The summed E-state index contributed by atoms with van der Waals surface area (Å²) >= 11 is 0. The van der Waals surface area contributed by atoms with E-state index in [1.807, 2.05) is 0 Å². The molecule has 5 nitrogen and oxygen atoms in total. The molecular formula is C12H13N3O2S. The van der Waals surface area contributed by atoms with Crippen LogP contribution in [0.1, 0.15) is 19.3 Å². The zero-order chi connectivity index (χ0) is 13.0. The van der Waals surface area contributed by atoms with Crippen molar-refractivity contribution < 1.29 is 8.63 Å². The van der Waals surface area contributed by atoms with Gasteiger partial charge in [-0.3, -0.25) is 0 Å². The molecule has 0 radical (unpaired) electrons. The first-order chi connectivity index (χ1) is 8.70. The van der Waals surface area contributed by atoms with Gasteiger partial charge in [0.1, 0.15) is 16.3 Å². The Morgan fingerprint density at radius 3 is 3.06 bits per heavy atom. The first-order valence-corrected chi connectivity index (χ1v) is 6.94. The van der Waals surface area contributed by atoms with E-state index in [1.165, 1.54) is 0 Å². The number of anilines is 1. The maximum absolute atomic E-state index is 11.9. The molecule has 0 spiro atoms. The van der Waals surface area contributed by atoms with Gasteiger partial charge in [0.05, 0.1) is 6.07 Å². The number of hydrogen-bond acceptors (Lipinski definition) is 5. The third-order valence-electron chi connectivity index (χ3n) is 2.46. The average molecular weight is 263 g/mol. The molecule has 94 valence electrons. The Morgan fingerprint density at radius 1 is 1.44 bits per heavy atom. The van der Waals surface area contributed by atoms with Gasteiger partial charge in [-0.05, 0) is 31.0 Å². The van der Waals surface area contributed by atoms with E-state index in [2.05, 4.69) is 11.1 Å². The summed E-state index contributed by atoms with van der Waals surface area (Å²) in [5.74, 6) is 0.462. The summed E-state index contributed by atoms with van der Waals surface area (Å²) in [7, 11) is -1.25. The zero-order valence-electron chi connectivity index (χ0n) is 9.76.